The van der Waals surface area contributed by atoms with Crippen molar-refractivity contribution >= 4 is 0 Å². The average Bonchev–Trinajstić information content (AvgIpc) is 2.72. The molecule has 0 aromatic heterocycles. The van der Waals surface area contributed by atoms with E-state index in [0.717, 1.165) is 49.9 Å². The summed E-state index contributed by atoms with van der Waals surface area (Å²) < 4.78 is 24.9. The van der Waals surface area contributed by atoms with Crippen LogP contribution in [0.4, 0.5) is 4.39 Å². The van der Waals surface area contributed by atoms with E-state index < -0.39 is 0 Å². The first kappa shape index (κ1) is 18.3. The van der Waals surface area contributed by atoms with Gasteiger partial charge in [-0.05, 0) is 74.5 Å². The van der Waals surface area contributed by atoms with Crippen molar-refractivity contribution in [2.24, 2.45) is 5.92 Å². The molecule has 1 saturated heterocycles. The molecular weight excluding hydrogens is 341 g/mol. The van der Waals surface area contributed by atoms with E-state index in [2.05, 4.69) is 4.90 Å². The van der Waals surface area contributed by atoms with E-state index in [1.807, 2.05) is 36.4 Å². The van der Waals surface area contributed by atoms with Gasteiger partial charge in [0.2, 0.25) is 0 Å². The Balaban J connectivity index is 1.15. The number of ether oxygens (including phenoxy) is 2. The molecule has 27 heavy (non-hydrogen) atoms. The van der Waals surface area contributed by atoms with Gasteiger partial charge in [-0.2, -0.15) is 0 Å². The number of hydrogen-bond acceptors (Lipinski definition) is 3. The van der Waals surface area contributed by atoms with E-state index >= 15 is 0 Å². The van der Waals surface area contributed by atoms with Crippen LogP contribution in [0.5, 0.6) is 11.5 Å². The minimum atomic E-state index is -0.150. The third-order valence-electron chi connectivity index (χ3n) is 5.80. The molecule has 1 fully saturated rings. The molecule has 1 unspecified atom stereocenters. The maximum absolute atomic E-state index is 13.0. The number of nitrogens with zero attached hydrogens (tertiary/aromatic N) is 1. The topological polar surface area (TPSA) is 21.7 Å². The zero-order valence-corrected chi connectivity index (χ0v) is 15.8. The van der Waals surface area contributed by atoms with Crippen molar-refractivity contribution in [2.45, 2.75) is 38.2 Å². The fourth-order valence-electron chi connectivity index (χ4n) is 4.05. The molecule has 2 aliphatic rings. The number of piperidine rings is 1. The molecule has 4 heteroatoms. The highest BCUT2D eigenvalue weighted by Crippen LogP contribution is 2.31. The maximum atomic E-state index is 13.0. The third kappa shape index (κ3) is 5.01. The van der Waals surface area contributed by atoms with Gasteiger partial charge >= 0.3 is 0 Å². The lowest BCUT2D eigenvalue weighted by molar-refractivity contribution is 0.0697. The lowest BCUT2D eigenvalue weighted by atomic mass is 9.90. The van der Waals surface area contributed by atoms with Crippen LogP contribution < -0.4 is 9.47 Å². The van der Waals surface area contributed by atoms with Gasteiger partial charge in [0, 0.05) is 13.0 Å². The Morgan fingerprint density at radius 1 is 0.926 bits per heavy atom. The van der Waals surface area contributed by atoms with Crippen LogP contribution in [0.15, 0.2) is 48.5 Å². The summed E-state index contributed by atoms with van der Waals surface area (Å²) in [5, 5.41) is 0. The first-order valence-corrected chi connectivity index (χ1v) is 10.1. The van der Waals surface area contributed by atoms with Gasteiger partial charge in [-0.1, -0.05) is 24.3 Å². The minimum Gasteiger partial charge on any atom is -0.486 e. The number of para-hydroxylation sites is 2. The van der Waals surface area contributed by atoms with Crippen LogP contribution in [0.3, 0.4) is 0 Å². The second-order valence-corrected chi connectivity index (χ2v) is 7.74. The lowest BCUT2D eigenvalue weighted by Gasteiger charge is -2.33. The number of rotatable bonds is 6. The van der Waals surface area contributed by atoms with E-state index in [1.165, 1.54) is 24.8 Å². The second kappa shape index (κ2) is 8.75. The fraction of sp³-hybridized carbons (Fsp3) is 0.478. The first-order valence-electron chi connectivity index (χ1n) is 10.1. The molecule has 0 N–H and O–H groups in total. The van der Waals surface area contributed by atoms with Gasteiger partial charge in [0.25, 0.3) is 0 Å². The number of halogens is 1. The van der Waals surface area contributed by atoms with Gasteiger partial charge in [-0.25, -0.2) is 4.39 Å². The molecule has 2 aromatic rings. The van der Waals surface area contributed by atoms with Crippen molar-refractivity contribution < 1.29 is 13.9 Å². The summed E-state index contributed by atoms with van der Waals surface area (Å²) in [6.45, 7) is 4.04. The van der Waals surface area contributed by atoms with Crippen molar-refractivity contribution in [2.75, 3.05) is 26.2 Å². The maximum Gasteiger partial charge on any atom is 0.161 e. The Bertz CT molecular complexity index is 725. The second-order valence-electron chi connectivity index (χ2n) is 7.74. The van der Waals surface area contributed by atoms with Crippen molar-refractivity contribution in [3.8, 4) is 11.5 Å². The molecule has 2 heterocycles. The third-order valence-corrected chi connectivity index (χ3v) is 5.80. The Kier molecular flexibility index (Phi) is 5.93. The standard InChI is InChI=1S/C23H28FNO2/c24-20-9-7-18(8-10-20)5-6-19-11-14-25(15-12-19)16-13-21-17-26-22-3-1-2-4-23(22)27-21/h1-4,7-10,19,21H,5-6,11-17H2. The number of hydrogen-bond donors (Lipinski definition) is 0. The smallest absolute Gasteiger partial charge is 0.161 e. The Labute approximate surface area is 161 Å². The van der Waals surface area contributed by atoms with Crippen molar-refractivity contribution in [1.82, 2.24) is 4.90 Å². The van der Waals surface area contributed by atoms with Crippen LogP contribution in [0.1, 0.15) is 31.2 Å². The summed E-state index contributed by atoms with van der Waals surface area (Å²) >= 11 is 0. The summed E-state index contributed by atoms with van der Waals surface area (Å²) in [4.78, 5) is 2.55. The quantitative estimate of drug-likeness (QED) is 0.737. The van der Waals surface area contributed by atoms with Crippen molar-refractivity contribution in [3.05, 3.63) is 59.9 Å². The predicted molar refractivity (Wildman–Crippen MR) is 105 cm³/mol. The number of aryl methyl sites for hydroxylation is 1. The molecule has 4 rings (SSSR count). The molecule has 0 aliphatic carbocycles. The molecule has 3 nitrogen and oxygen atoms in total. The average molecular weight is 369 g/mol. The van der Waals surface area contributed by atoms with Gasteiger partial charge in [0.15, 0.2) is 11.5 Å². The largest absolute Gasteiger partial charge is 0.486 e. The monoisotopic (exact) mass is 369 g/mol. The predicted octanol–water partition coefficient (Wildman–Crippen LogP) is 4.70. The highest BCUT2D eigenvalue weighted by atomic mass is 19.1. The van der Waals surface area contributed by atoms with E-state index in [4.69, 9.17) is 9.47 Å². The van der Waals surface area contributed by atoms with E-state index in [0.29, 0.717) is 6.61 Å². The molecule has 0 spiro atoms. The summed E-state index contributed by atoms with van der Waals surface area (Å²) in [6, 6.07) is 14.9. The van der Waals surface area contributed by atoms with E-state index in [-0.39, 0.29) is 11.9 Å². The number of fused-ring (bicyclic) bond motifs is 1. The summed E-state index contributed by atoms with van der Waals surface area (Å²) in [6.07, 6.45) is 5.93. The van der Waals surface area contributed by atoms with Crippen LogP contribution >= 0.6 is 0 Å². The molecule has 1 atom stereocenters. The van der Waals surface area contributed by atoms with Gasteiger partial charge in [-0.15, -0.1) is 0 Å². The first-order chi connectivity index (χ1) is 13.3. The van der Waals surface area contributed by atoms with Crippen LogP contribution in [-0.2, 0) is 6.42 Å². The van der Waals surface area contributed by atoms with Gasteiger partial charge < -0.3 is 14.4 Å². The van der Waals surface area contributed by atoms with Crippen LogP contribution in [0.25, 0.3) is 0 Å². The Morgan fingerprint density at radius 3 is 2.44 bits per heavy atom. The number of benzene rings is 2. The number of likely N-dealkylation sites (tertiary alicyclic amines) is 1. The van der Waals surface area contributed by atoms with Crippen molar-refractivity contribution in [1.29, 1.82) is 0 Å². The lowest BCUT2D eigenvalue weighted by Crippen LogP contribution is -2.38. The van der Waals surface area contributed by atoms with Crippen molar-refractivity contribution in [3.63, 3.8) is 0 Å². The molecule has 0 amide bonds. The highest BCUT2D eigenvalue weighted by molar-refractivity contribution is 5.40. The Hall–Kier alpha value is -2.07. The molecular formula is C23H28FNO2. The molecule has 144 valence electrons. The van der Waals surface area contributed by atoms with Crippen LogP contribution in [0, 0.1) is 11.7 Å². The zero-order valence-electron chi connectivity index (χ0n) is 15.8. The molecule has 2 aliphatic heterocycles. The summed E-state index contributed by atoms with van der Waals surface area (Å²) in [5.74, 6) is 2.36. The molecule has 0 radical (unpaired) electrons. The van der Waals surface area contributed by atoms with E-state index in [9.17, 15) is 4.39 Å². The normalized spacial score (nSPS) is 20.6. The zero-order chi connectivity index (χ0) is 18.5. The SMILES string of the molecule is Fc1ccc(CCC2CCN(CCC3COc4ccccc4O3)CC2)cc1. The summed E-state index contributed by atoms with van der Waals surface area (Å²) in [7, 11) is 0. The van der Waals surface area contributed by atoms with Crippen LogP contribution in [-0.4, -0.2) is 37.2 Å². The fourth-order valence-corrected chi connectivity index (χ4v) is 4.05. The molecule has 2 aromatic carbocycles. The molecule has 0 bridgehead atoms. The summed E-state index contributed by atoms with van der Waals surface area (Å²) in [5.41, 5.74) is 1.24. The van der Waals surface area contributed by atoms with E-state index in [1.54, 1.807) is 12.1 Å². The van der Waals surface area contributed by atoms with Gasteiger partial charge in [-0.3, -0.25) is 0 Å². The van der Waals surface area contributed by atoms with Crippen LogP contribution in [0.2, 0.25) is 0 Å². The highest BCUT2D eigenvalue weighted by Gasteiger charge is 2.23. The molecule has 0 saturated carbocycles. The van der Waals surface area contributed by atoms with Gasteiger partial charge in [0.1, 0.15) is 18.5 Å². The Morgan fingerprint density at radius 2 is 1.67 bits per heavy atom. The minimum absolute atomic E-state index is 0.149. The van der Waals surface area contributed by atoms with Gasteiger partial charge in [0.05, 0.1) is 0 Å².